The zero-order valence-corrected chi connectivity index (χ0v) is 19.9. The van der Waals surface area contributed by atoms with E-state index in [4.69, 9.17) is 9.47 Å². The van der Waals surface area contributed by atoms with Crippen LogP contribution in [0.3, 0.4) is 0 Å². The number of nitrogens with zero attached hydrogens (tertiary/aromatic N) is 1. The van der Waals surface area contributed by atoms with Crippen LogP contribution in [0, 0.1) is 12.8 Å². The highest BCUT2D eigenvalue weighted by Crippen LogP contribution is 2.23. The summed E-state index contributed by atoms with van der Waals surface area (Å²) in [4.78, 5) is 12.9. The molecule has 0 bridgehead atoms. The van der Waals surface area contributed by atoms with Crippen LogP contribution in [-0.4, -0.2) is 39.5 Å². The number of carbonyl (C=O) groups is 1. The van der Waals surface area contributed by atoms with Gasteiger partial charge >= 0.3 is 5.97 Å². The third-order valence-corrected chi connectivity index (χ3v) is 7.29. The molecule has 0 aliphatic heterocycles. The first-order valence-electron chi connectivity index (χ1n) is 10.6. The minimum Gasteiger partial charge on any atom is -0.497 e. The fraction of sp³-hybridized carbons (Fsp3) is 0.269. The minimum atomic E-state index is -3.85. The Bertz CT molecular complexity index is 1140. The molecular formula is C26H29NO5S. The summed E-state index contributed by atoms with van der Waals surface area (Å²) in [5.41, 5.74) is 2.69. The van der Waals surface area contributed by atoms with Gasteiger partial charge in [0.1, 0.15) is 5.75 Å². The highest BCUT2D eigenvalue weighted by atomic mass is 32.2. The van der Waals surface area contributed by atoms with E-state index in [0.717, 1.165) is 16.7 Å². The molecule has 33 heavy (non-hydrogen) atoms. The summed E-state index contributed by atoms with van der Waals surface area (Å²) < 4.78 is 38.8. The molecule has 0 aliphatic rings. The molecule has 0 saturated heterocycles. The predicted octanol–water partition coefficient (Wildman–Crippen LogP) is 4.23. The van der Waals surface area contributed by atoms with Crippen LogP contribution in [0.15, 0.2) is 83.8 Å². The fourth-order valence-electron chi connectivity index (χ4n) is 3.58. The summed E-state index contributed by atoms with van der Waals surface area (Å²) in [6.07, 6.45) is 0.339. The van der Waals surface area contributed by atoms with Gasteiger partial charge < -0.3 is 9.47 Å². The maximum Gasteiger partial charge on any atom is 0.310 e. The number of carbonyl (C=O) groups excluding carboxylic acids is 1. The van der Waals surface area contributed by atoms with Gasteiger partial charge in [-0.1, -0.05) is 60.2 Å². The third-order valence-electron chi connectivity index (χ3n) is 5.46. The number of hydrogen-bond donors (Lipinski definition) is 0. The van der Waals surface area contributed by atoms with E-state index in [9.17, 15) is 13.2 Å². The molecule has 0 heterocycles. The van der Waals surface area contributed by atoms with Crippen LogP contribution in [0.4, 0.5) is 0 Å². The van der Waals surface area contributed by atoms with Crippen molar-refractivity contribution in [2.75, 3.05) is 20.8 Å². The van der Waals surface area contributed by atoms with Crippen molar-refractivity contribution in [3.63, 3.8) is 0 Å². The summed E-state index contributed by atoms with van der Waals surface area (Å²) in [5, 5.41) is 0. The summed E-state index contributed by atoms with van der Waals surface area (Å²) in [5.74, 6) is -0.420. The molecule has 0 amide bonds. The number of esters is 1. The fourth-order valence-corrected chi connectivity index (χ4v) is 5.05. The van der Waals surface area contributed by atoms with Crippen molar-refractivity contribution in [2.45, 2.75) is 24.8 Å². The van der Waals surface area contributed by atoms with Crippen LogP contribution in [0.25, 0.3) is 0 Å². The average molecular weight is 468 g/mol. The monoisotopic (exact) mass is 467 g/mol. The third kappa shape index (κ3) is 6.43. The van der Waals surface area contributed by atoms with E-state index in [-0.39, 0.29) is 18.0 Å². The standard InChI is InChI=1S/C26H29NO5S/c1-20-9-15-25(16-10-20)33(29,30)27(18-22-7-5-4-6-8-22)19-23(26(28)32-3)17-21-11-13-24(31-2)14-12-21/h4-16,23H,17-19H2,1-3H3. The number of rotatable bonds is 10. The van der Waals surface area contributed by atoms with Crippen LogP contribution < -0.4 is 4.74 Å². The maximum atomic E-state index is 13.6. The SMILES string of the molecule is COC(=O)C(Cc1ccc(OC)cc1)CN(Cc1ccccc1)S(=O)(=O)c1ccc(C)cc1. The van der Waals surface area contributed by atoms with Crippen molar-refractivity contribution in [1.82, 2.24) is 4.31 Å². The quantitative estimate of drug-likeness (QED) is 0.417. The molecule has 1 atom stereocenters. The van der Waals surface area contributed by atoms with Crippen molar-refractivity contribution < 1.29 is 22.7 Å². The average Bonchev–Trinajstić information content (AvgIpc) is 2.84. The molecule has 7 heteroatoms. The Morgan fingerprint density at radius 2 is 1.52 bits per heavy atom. The van der Waals surface area contributed by atoms with Crippen LogP contribution in [-0.2, 0) is 32.5 Å². The lowest BCUT2D eigenvalue weighted by molar-refractivity contribution is -0.145. The van der Waals surface area contributed by atoms with E-state index < -0.39 is 21.9 Å². The van der Waals surface area contributed by atoms with Crippen molar-refractivity contribution in [1.29, 1.82) is 0 Å². The summed E-state index contributed by atoms with van der Waals surface area (Å²) in [7, 11) is -0.944. The van der Waals surface area contributed by atoms with E-state index in [2.05, 4.69) is 0 Å². The van der Waals surface area contributed by atoms with Gasteiger partial charge in [-0.15, -0.1) is 0 Å². The summed E-state index contributed by atoms with van der Waals surface area (Å²) >= 11 is 0. The summed E-state index contributed by atoms with van der Waals surface area (Å²) in [6.45, 7) is 2.04. The lowest BCUT2D eigenvalue weighted by Crippen LogP contribution is -2.38. The van der Waals surface area contributed by atoms with Crippen molar-refractivity contribution in [3.8, 4) is 5.75 Å². The molecule has 1 unspecified atom stereocenters. The van der Waals surface area contributed by atoms with E-state index in [1.54, 1.807) is 31.4 Å². The topological polar surface area (TPSA) is 72.9 Å². The van der Waals surface area contributed by atoms with Crippen LogP contribution in [0.1, 0.15) is 16.7 Å². The van der Waals surface area contributed by atoms with Crippen molar-refractivity contribution in [2.24, 2.45) is 5.92 Å². The Morgan fingerprint density at radius 3 is 2.09 bits per heavy atom. The van der Waals surface area contributed by atoms with Crippen LogP contribution in [0.5, 0.6) is 5.75 Å². The normalized spacial score (nSPS) is 12.4. The van der Waals surface area contributed by atoms with Crippen molar-refractivity contribution in [3.05, 3.63) is 95.6 Å². The molecule has 0 aromatic heterocycles. The molecule has 0 radical (unpaired) electrons. The first-order chi connectivity index (χ1) is 15.8. The highest BCUT2D eigenvalue weighted by Gasteiger charge is 2.31. The first-order valence-corrected chi connectivity index (χ1v) is 12.1. The Kier molecular flexibility index (Phi) is 8.25. The Morgan fingerprint density at radius 1 is 0.879 bits per heavy atom. The van der Waals surface area contributed by atoms with Gasteiger partial charge in [0.15, 0.2) is 0 Å². The van der Waals surface area contributed by atoms with E-state index >= 15 is 0 Å². The number of aryl methyl sites for hydroxylation is 1. The molecule has 0 saturated carbocycles. The second kappa shape index (κ2) is 11.1. The number of ether oxygens (including phenoxy) is 2. The molecule has 3 aromatic rings. The predicted molar refractivity (Wildman–Crippen MR) is 127 cm³/mol. The molecule has 6 nitrogen and oxygen atoms in total. The van der Waals surface area contributed by atoms with Crippen LogP contribution >= 0.6 is 0 Å². The number of methoxy groups -OCH3 is 2. The van der Waals surface area contributed by atoms with Gasteiger partial charge in [0.25, 0.3) is 0 Å². The number of benzene rings is 3. The van der Waals surface area contributed by atoms with Gasteiger partial charge in [-0.3, -0.25) is 4.79 Å². The molecule has 0 fully saturated rings. The van der Waals surface area contributed by atoms with E-state index in [1.165, 1.54) is 11.4 Å². The van der Waals surface area contributed by atoms with Gasteiger partial charge in [-0.05, 0) is 48.7 Å². The molecule has 0 aliphatic carbocycles. The number of sulfonamides is 1. The lowest BCUT2D eigenvalue weighted by Gasteiger charge is -2.26. The second-order valence-corrected chi connectivity index (χ2v) is 9.81. The van der Waals surface area contributed by atoms with Gasteiger partial charge in [0, 0.05) is 13.1 Å². The highest BCUT2D eigenvalue weighted by molar-refractivity contribution is 7.89. The molecule has 0 spiro atoms. The Hall–Kier alpha value is -3.16. The van der Waals surface area contributed by atoms with Gasteiger partial charge in [0.05, 0.1) is 25.0 Å². The smallest absolute Gasteiger partial charge is 0.310 e. The molecule has 0 N–H and O–H groups in total. The molecular weight excluding hydrogens is 438 g/mol. The van der Waals surface area contributed by atoms with Gasteiger partial charge in [-0.2, -0.15) is 4.31 Å². The summed E-state index contributed by atoms with van der Waals surface area (Å²) in [6, 6.07) is 23.4. The van der Waals surface area contributed by atoms with Gasteiger partial charge in [-0.25, -0.2) is 8.42 Å². The zero-order valence-electron chi connectivity index (χ0n) is 19.1. The Balaban J connectivity index is 1.94. The van der Waals surface area contributed by atoms with E-state index in [0.29, 0.717) is 12.2 Å². The first kappa shape index (κ1) is 24.5. The minimum absolute atomic E-state index is 0.0101. The largest absolute Gasteiger partial charge is 0.497 e. The zero-order chi connectivity index (χ0) is 23.8. The molecule has 174 valence electrons. The Labute approximate surface area is 195 Å². The second-order valence-electron chi connectivity index (χ2n) is 7.87. The maximum absolute atomic E-state index is 13.6. The van der Waals surface area contributed by atoms with E-state index in [1.807, 2.05) is 61.5 Å². The molecule has 3 rings (SSSR count). The van der Waals surface area contributed by atoms with Crippen LogP contribution in [0.2, 0.25) is 0 Å². The van der Waals surface area contributed by atoms with Gasteiger partial charge in [0.2, 0.25) is 10.0 Å². The molecule has 3 aromatic carbocycles. The lowest BCUT2D eigenvalue weighted by atomic mass is 9.99. The number of hydrogen-bond acceptors (Lipinski definition) is 5. The van der Waals surface area contributed by atoms with Crippen molar-refractivity contribution >= 4 is 16.0 Å².